The number of hydrogen-bond acceptors (Lipinski definition) is 1. The topological polar surface area (TPSA) is 9.23 Å². The van der Waals surface area contributed by atoms with Crippen LogP contribution >= 0.6 is 0 Å². The Morgan fingerprint density at radius 3 is 2.05 bits per heavy atom. The highest BCUT2D eigenvalue weighted by Crippen LogP contribution is 2.41. The van der Waals surface area contributed by atoms with E-state index >= 15 is 0 Å². The first kappa shape index (κ1) is 17.1. The summed E-state index contributed by atoms with van der Waals surface area (Å²) >= 11 is 0. The third kappa shape index (κ3) is 5.77. The summed E-state index contributed by atoms with van der Waals surface area (Å²) in [5.41, 5.74) is 0. The maximum absolute atomic E-state index is 5.61. The zero-order chi connectivity index (χ0) is 14.9. The first-order chi connectivity index (χ1) is 10.3. The van der Waals surface area contributed by atoms with Crippen molar-refractivity contribution in [1.82, 2.24) is 0 Å². The van der Waals surface area contributed by atoms with Gasteiger partial charge in [0.25, 0.3) is 0 Å². The van der Waals surface area contributed by atoms with Gasteiger partial charge in [-0.05, 0) is 88.4 Å². The zero-order valence-corrected chi connectivity index (χ0v) is 14.4. The Hall–Kier alpha value is -0.300. The molecular formula is C20H36O. The molecule has 2 fully saturated rings. The van der Waals surface area contributed by atoms with E-state index in [4.69, 9.17) is 4.74 Å². The average molecular weight is 293 g/mol. The summed E-state index contributed by atoms with van der Waals surface area (Å²) < 4.78 is 5.61. The van der Waals surface area contributed by atoms with Gasteiger partial charge in [0, 0.05) is 13.2 Å². The van der Waals surface area contributed by atoms with Crippen LogP contribution in [0.4, 0.5) is 0 Å². The van der Waals surface area contributed by atoms with E-state index in [9.17, 15) is 0 Å². The summed E-state index contributed by atoms with van der Waals surface area (Å²) in [5.74, 6) is 3.81. The number of allylic oxidation sites excluding steroid dienone is 2. The Morgan fingerprint density at radius 2 is 1.48 bits per heavy atom. The fraction of sp³-hybridized carbons (Fsp3) is 0.900. The summed E-state index contributed by atoms with van der Waals surface area (Å²) in [7, 11) is 0. The molecule has 21 heavy (non-hydrogen) atoms. The number of unbranched alkanes of at least 4 members (excludes halogenated alkanes) is 1. The Balaban J connectivity index is 1.64. The molecule has 0 spiro atoms. The molecular weight excluding hydrogens is 256 g/mol. The summed E-state index contributed by atoms with van der Waals surface area (Å²) in [4.78, 5) is 0. The number of hydrogen-bond donors (Lipinski definition) is 0. The second-order valence-electron chi connectivity index (χ2n) is 7.33. The predicted octanol–water partition coefficient (Wildman–Crippen LogP) is 5.99. The molecule has 0 aromatic rings. The van der Waals surface area contributed by atoms with Crippen molar-refractivity contribution in [3.05, 3.63) is 12.2 Å². The first-order valence-corrected chi connectivity index (χ1v) is 9.57. The third-order valence-corrected chi connectivity index (χ3v) is 5.80. The van der Waals surface area contributed by atoms with Crippen LogP contribution in [0.1, 0.15) is 78.1 Å². The van der Waals surface area contributed by atoms with E-state index in [1.54, 1.807) is 0 Å². The van der Waals surface area contributed by atoms with Crippen LogP contribution < -0.4 is 0 Å². The van der Waals surface area contributed by atoms with Crippen LogP contribution in [0.25, 0.3) is 0 Å². The molecule has 0 unspecified atom stereocenters. The van der Waals surface area contributed by atoms with Crippen molar-refractivity contribution in [1.29, 1.82) is 0 Å². The van der Waals surface area contributed by atoms with Gasteiger partial charge in [-0.3, -0.25) is 0 Å². The quantitative estimate of drug-likeness (QED) is 0.523. The van der Waals surface area contributed by atoms with Gasteiger partial charge in [-0.1, -0.05) is 25.5 Å². The smallest absolute Gasteiger partial charge is 0.0494 e. The van der Waals surface area contributed by atoms with E-state index in [0.717, 1.165) is 36.9 Å². The highest BCUT2D eigenvalue weighted by atomic mass is 16.5. The molecule has 122 valence electrons. The number of ether oxygens (including phenoxy) is 1. The summed E-state index contributed by atoms with van der Waals surface area (Å²) in [5, 5.41) is 0. The normalized spacial score (nSPS) is 34.4. The van der Waals surface area contributed by atoms with Crippen LogP contribution in [0.15, 0.2) is 12.2 Å². The summed E-state index contributed by atoms with van der Waals surface area (Å²) in [6, 6.07) is 0. The van der Waals surface area contributed by atoms with Crippen molar-refractivity contribution in [3.63, 3.8) is 0 Å². The summed E-state index contributed by atoms with van der Waals surface area (Å²) in [6.07, 6.45) is 19.1. The molecule has 0 heterocycles. The molecule has 0 radical (unpaired) electrons. The minimum absolute atomic E-state index is 0.856. The zero-order valence-electron chi connectivity index (χ0n) is 14.4. The second-order valence-corrected chi connectivity index (χ2v) is 7.33. The van der Waals surface area contributed by atoms with Crippen LogP contribution in [0.5, 0.6) is 0 Å². The molecule has 0 saturated heterocycles. The molecule has 0 N–H and O–H groups in total. The molecule has 1 heteroatoms. The lowest BCUT2D eigenvalue weighted by Crippen LogP contribution is -2.26. The van der Waals surface area contributed by atoms with Crippen LogP contribution in [-0.2, 0) is 4.74 Å². The van der Waals surface area contributed by atoms with Crippen LogP contribution in [-0.4, -0.2) is 13.2 Å². The van der Waals surface area contributed by atoms with Crippen molar-refractivity contribution in [3.8, 4) is 0 Å². The molecule has 0 aromatic carbocycles. The second kappa shape index (κ2) is 9.66. The lowest BCUT2D eigenvalue weighted by atomic mass is 9.69. The maximum atomic E-state index is 5.61. The Labute approximate surface area is 132 Å². The molecule has 1 nitrogen and oxygen atoms in total. The van der Waals surface area contributed by atoms with Crippen molar-refractivity contribution >= 4 is 0 Å². The lowest BCUT2D eigenvalue weighted by molar-refractivity contribution is 0.0727. The van der Waals surface area contributed by atoms with Gasteiger partial charge in [0.1, 0.15) is 0 Å². The molecule has 2 saturated carbocycles. The SMILES string of the molecule is CCCC=C[C@H]1CC[C@H]([C@H]2CC[C@H](COCC)CC2)CC1. The molecule has 2 aliphatic carbocycles. The van der Waals surface area contributed by atoms with Crippen molar-refractivity contribution in [2.24, 2.45) is 23.7 Å². The first-order valence-electron chi connectivity index (χ1n) is 9.57. The van der Waals surface area contributed by atoms with Gasteiger partial charge in [0.15, 0.2) is 0 Å². The van der Waals surface area contributed by atoms with Crippen molar-refractivity contribution in [2.45, 2.75) is 78.1 Å². The van der Waals surface area contributed by atoms with Gasteiger partial charge in [0.2, 0.25) is 0 Å². The van der Waals surface area contributed by atoms with Gasteiger partial charge in [0.05, 0.1) is 0 Å². The fourth-order valence-corrected chi connectivity index (χ4v) is 4.37. The minimum Gasteiger partial charge on any atom is -0.381 e. The van der Waals surface area contributed by atoms with E-state index in [-0.39, 0.29) is 0 Å². The highest BCUT2D eigenvalue weighted by molar-refractivity contribution is 4.92. The van der Waals surface area contributed by atoms with Gasteiger partial charge >= 0.3 is 0 Å². The van der Waals surface area contributed by atoms with Crippen LogP contribution in [0.2, 0.25) is 0 Å². The third-order valence-electron chi connectivity index (χ3n) is 5.80. The molecule has 0 aromatic heterocycles. The molecule has 0 amide bonds. The minimum atomic E-state index is 0.856. The van der Waals surface area contributed by atoms with Crippen LogP contribution in [0, 0.1) is 23.7 Å². The highest BCUT2D eigenvalue weighted by Gasteiger charge is 2.30. The van der Waals surface area contributed by atoms with E-state index in [2.05, 4.69) is 26.0 Å². The van der Waals surface area contributed by atoms with E-state index in [0.29, 0.717) is 0 Å². The standard InChI is InChI=1S/C20H36O/c1-3-5-6-7-17-8-12-19(13-9-17)20-14-10-18(11-15-20)16-21-4-2/h6-7,17-20H,3-5,8-16H2,1-2H3/t17-,18-,19-,20-. The fourth-order valence-electron chi connectivity index (χ4n) is 4.37. The monoisotopic (exact) mass is 292 g/mol. The van der Waals surface area contributed by atoms with Crippen molar-refractivity contribution < 1.29 is 4.74 Å². The van der Waals surface area contributed by atoms with Crippen molar-refractivity contribution in [2.75, 3.05) is 13.2 Å². The van der Waals surface area contributed by atoms with E-state index in [1.165, 1.54) is 64.2 Å². The van der Waals surface area contributed by atoms with Gasteiger partial charge in [-0.25, -0.2) is 0 Å². The van der Waals surface area contributed by atoms with E-state index in [1.807, 2.05) is 0 Å². The molecule has 0 atom stereocenters. The summed E-state index contributed by atoms with van der Waals surface area (Å²) in [6.45, 7) is 6.27. The van der Waals surface area contributed by atoms with Gasteiger partial charge in [-0.15, -0.1) is 0 Å². The van der Waals surface area contributed by atoms with Gasteiger partial charge in [-0.2, -0.15) is 0 Å². The maximum Gasteiger partial charge on any atom is 0.0494 e. The Kier molecular flexibility index (Phi) is 7.85. The number of rotatable bonds is 7. The molecule has 2 rings (SSSR count). The molecule has 2 aliphatic rings. The molecule has 0 bridgehead atoms. The van der Waals surface area contributed by atoms with Crippen LogP contribution in [0.3, 0.4) is 0 Å². The Bertz CT molecular complexity index is 280. The van der Waals surface area contributed by atoms with Gasteiger partial charge < -0.3 is 4.74 Å². The Morgan fingerprint density at radius 1 is 0.857 bits per heavy atom. The largest absolute Gasteiger partial charge is 0.381 e. The predicted molar refractivity (Wildman–Crippen MR) is 91.4 cm³/mol. The lowest BCUT2D eigenvalue weighted by Gasteiger charge is -2.37. The molecule has 0 aliphatic heterocycles. The average Bonchev–Trinajstić information content (AvgIpc) is 2.54. The van der Waals surface area contributed by atoms with E-state index < -0.39 is 0 Å².